The summed E-state index contributed by atoms with van der Waals surface area (Å²) in [5.41, 5.74) is 2.67. The van der Waals surface area contributed by atoms with Gasteiger partial charge in [0.05, 0.1) is 0 Å². The molecule has 3 aromatic rings. The van der Waals surface area contributed by atoms with Crippen LogP contribution < -0.4 is 5.32 Å². The Morgan fingerprint density at radius 1 is 1.00 bits per heavy atom. The molecule has 1 unspecified atom stereocenters. The molecule has 21 heavy (non-hydrogen) atoms. The molecule has 0 fully saturated rings. The summed E-state index contributed by atoms with van der Waals surface area (Å²) in [5, 5.41) is 5.92. The molecule has 0 saturated carbocycles. The van der Waals surface area contributed by atoms with Crippen molar-refractivity contribution in [2.45, 2.75) is 18.9 Å². The number of aromatic nitrogens is 2. The highest BCUT2D eigenvalue weighted by molar-refractivity contribution is 5.85. The zero-order valence-electron chi connectivity index (χ0n) is 12.2. The van der Waals surface area contributed by atoms with Gasteiger partial charge in [-0.15, -0.1) is 0 Å². The first-order valence-corrected chi connectivity index (χ1v) is 7.27. The molecule has 0 saturated heterocycles. The van der Waals surface area contributed by atoms with Crippen molar-refractivity contribution in [3.8, 4) is 0 Å². The van der Waals surface area contributed by atoms with E-state index < -0.39 is 0 Å². The van der Waals surface area contributed by atoms with Crippen LogP contribution in [0.5, 0.6) is 0 Å². The topological polar surface area (TPSA) is 37.8 Å². The molecule has 0 amide bonds. The minimum absolute atomic E-state index is 0.337. The Morgan fingerprint density at radius 2 is 1.81 bits per heavy atom. The third-order valence-corrected chi connectivity index (χ3v) is 3.91. The van der Waals surface area contributed by atoms with Crippen molar-refractivity contribution in [1.29, 1.82) is 0 Å². The maximum absolute atomic E-state index is 4.21. The summed E-state index contributed by atoms with van der Waals surface area (Å²) in [6, 6.07) is 13.0. The summed E-state index contributed by atoms with van der Waals surface area (Å²) in [6.07, 6.45) is 9.59. The van der Waals surface area contributed by atoms with E-state index in [1.807, 2.05) is 31.8 Å². The maximum Gasteiger partial charge on any atom is 0.0346 e. The number of fused-ring (bicyclic) bond motifs is 1. The van der Waals surface area contributed by atoms with Crippen LogP contribution in [0.4, 0.5) is 0 Å². The summed E-state index contributed by atoms with van der Waals surface area (Å²) in [4.78, 5) is 8.27. The number of aryl methyl sites for hydroxylation is 1. The van der Waals surface area contributed by atoms with Gasteiger partial charge in [-0.2, -0.15) is 0 Å². The normalized spacial score (nSPS) is 12.4. The molecule has 3 heteroatoms. The van der Waals surface area contributed by atoms with E-state index in [0.717, 1.165) is 12.8 Å². The maximum atomic E-state index is 4.21. The molecule has 2 heterocycles. The molecule has 1 aromatic carbocycles. The average Bonchev–Trinajstić information content (AvgIpc) is 2.56. The van der Waals surface area contributed by atoms with Crippen LogP contribution >= 0.6 is 0 Å². The van der Waals surface area contributed by atoms with Crippen LogP contribution in [0.3, 0.4) is 0 Å². The summed E-state index contributed by atoms with van der Waals surface area (Å²) >= 11 is 0. The third kappa shape index (κ3) is 3.09. The van der Waals surface area contributed by atoms with E-state index in [2.05, 4.69) is 51.7 Å². The predicted octanol–water partition coefficient (Wildman–Crippen LogP) is 3.52. The Kier molecular flexibility index (Phi) is 4.22. The number of hydrogen-bond donors (Lipinski definition) is 1. The molecule has 0 spiro atoms. The SMILES string of the molecule is CNC(CCc1ccncc1)c1cccc2cnccc12. The summed E-state index contributed by atoms with van der Waals surface area (Å²) in [6.45, 7) is 0. The van der Waals surface area contributed by atoms with Crippen LogP contribution in [0.25, 0.3) is 10.8 Å². The van der Waals surface area contributed by atoms with Crippen molar-refractivity contribution < 1.29 is 0 Å². The van der Waals surface area contributed by atoms with Crippen molar-refractivity contribution in [3.63, 3.8) is 0 Å². The van der Waals surface area contributed by atoms with Gasteiger partial charge < -0.3 is 5.32 Å². The quantitative estimate of drug-likeness (QED) is 0.775. The van der Waals surface area contributed by atoms with Crippen LogP contribution in [0.15, 0.2) is 61.2 Å². The molecule has 3 rings (SSSR count). The highest BCUT2D eigenvalue weighted by Crippen LogP contribution is 2.26. The third-order valence-electron chi connectivity index (χ3n) is 3.91. The number of benzene rings is 1. The summed E-state index contributed by atoms with van der Waals surface area (Å²) in [5.74, 6) is 0. The van der Waals surface area contributed by atoms with Crippen LogP contribution in [0, 0.1) is 0 Å². The smallest absolute Gasteiger partial charge is 0.0346 e. The Balaban J connectivity index is 1.85. The van der Waals surface area contributed by atoms with Gasteiger partial charge in [0.25, 0.3) is 0 Å². The molecule has 1 atom stereocenters. The van der Waals surface area contributed by atoms with E-state index in [1.54, 1.807) is 0 Å². The molecule has 0 aliphatic heterocycles. The molecular formula is C18H19N3. The van der Waals surface area contributed by atoms with Crippen molar-refractivity contribution in [3.05, 3.63) is 72.3 Å². The molecule has 0 radical (unpaired) electrons. The largest absolute Gasteiger partial charge is 0.313 e. The highest BCUT2D eigenvalue weighted by atomic mass is 14.9. The summed E-state index contributed by atoms with van der Waals surface area (Å²) in [7, 11) is 2.03. The van der Waals surface area contributed by atoms with E-state index in [0.29, 0.717) is 6.04 Å². The van der Waals surface area contributed by atoms with Crippen LogP contribution in [-0.2, 0) is 6.42 Å². The Bertz CT molecular complexity index is 704. The second kappa shape index (κ2) is 6.46. The summed E-state index contributed by atoms with van der Waals surface area (Å²) < 4.78 is 0. The lowest BCUT2D eigenvalue weighted by Gasteiger charge is -2.18. The fourth-order valence-electron chi connectivity index (χ4n) is 2.77. The van der Waals surface area contributed by atoms with Crippen molar-refractivity contribution >= 4 is 10.8 Å². The van der Waals surface area contributed by atoms with Crippen LogP contribution in [-0.4, -0.2) is 17.0 Å². The van der Waals surface area contributed by atoms with Crippen LogP contribution in [0.2, 0.25) is 0 Å². The van der Waals surface area contributed by atoms with Gasteiger partial charge in [-0.1, -0.05) is 18.2 Å². The fraction of sp³-hybridized carbons (Fsp3) is 0.222. The number of hydrogen-bond acceptors (Lipinski definition) is 3. The molecule has 1 N–H and O–H groups in total. The molecule has 0 aliphatic carbocycles. The molecular weight excluding hydrogens is 258 g/mol. The molecule has 106 valence electrons. The van der Waals surface area contributed by atoms with E-state index in [9.17, 15) is 0 Å². The van der Waals surface area contributed by atoms with Gasteiger partial charge in [0, 0.05) is 36.2 Å². The second-order valence-corrected chi connectivity index (χ2v) is 5.18. The van der Waals surface area contributed by atoms with Gasteiger partial charge in [0.15, 0.2) is 0 Å². The Labute approximate surface area is 125 Å². The second-order valence-electron chi connectivity index (χ2n) is 5.18. The zero-order valence-corrected chi connectivity index (χ0v) is 12.2. The highest BCUT2D eigenvalue weighted by Gasteiger charge is 2.12. The van der Waals surface area contributed by atoms with E-state index in [-0.39, 0.29) is 0 Å². The van der Waals surface area contributed by atoms with Crippen molar-refractivity contribution in [1.82, 2.24) is 15.3 Å². The number of rotatable bonds is 5. The van der Waals surface area contributed by atoms with Gasteiger partial charge in [-0.05, 0) is 54.6 Å². The first-order valence-electron chi connectivity index (χ1n) is 7.27. The minimum atomic E-state index is 0.337. The standard InChI is InChI=1S/C18H19N3/c1-19-18(6-5-14-7-10-20-11-8-14)17-4-2-3-15-13-21-12-9-16(15)17/h2-4,7-13,18-19H,5-6H2,1H3. The lowest BCUT2D eigenvalue weighted by Crippen LogP contribution is -2.17. The lowest BCUT2D eigenvalue weighted by atomic mass is 9.95. The molecule has 3 nitrogen and oxygen atoms in total. The van der Waals surface area contributed by atoms with Crippen molar-refractivity contribution in [2.24, 2.45) is 0 Å². The van der Waals surface area contributed by atoms with Gasteiger partial charge in [0.1, 0.15) is 0 Å². The lowest BCUT2D eigenvalue weighted by molar-refractivity contribution is 0.552. The fourth-order valence-corrected chi connectivity index (χ4v) is 2.77. The van der Waals surface area contributed by atoms with Crippen molar-refractivity contribution in [2.75, 3.05) is 7.05 Å². The number of pyridine rings is 2. The molecule has 2 aromatic heterocycles. The van der Waals surface area contributed by atoms with Gasteiger partial charge in [-0.25, -0.2) is 0 Å². The van der Waals surface area contributed by atoms with Gasteiger partial charge in [0.2, 0.25) is 0 Å². The zero-order chi connectivity index (χ0) is 14.5. The first kappa shape index (κ1) is 13.7. The molecule has 0 aliphatic rings. The molecule has 0 bridgehead atoms. The van der Waals surface area contributed by atoms with Gasteiger partial charge in [-0.3, -0.25) is 9.97 Å². The number of nitrogens with zero attached hydrogens (tertiary/aromatic N) is 2. The van der Waals surface area contributed by atoms with E-state index in [4.69, 9.17) is 0 Å². The van der Waals surface area contributed by atoms with Crippen LogP contribution in [0.1, 0.15) is 23.6 Å². The van der Waals surface area contributed by atoms with E-state index in [1.165, 1.54) is 21.9 Å². The first-order chi connectivity index (χ1) is 10.4. The monoisotopic (exact) mass is 277 g/mol. The van der Waals surface area contributed by atoms with Gasteiger partial charge >= 0.3 is 0 Å². The van der Waals surface area contributed by atoms with E-state index >= 15 is 0 Å². The Morgan fingerprint density at radius 3 is 2.62 bits per heavy atom. The minimum Gasteiger partial charge on any atom is -0.313 e. The number of nitrogens with one attached hydrogen (secondary N) is 1. The Hall–Kier alpha value is -2.26. The predicted molar refractivity (Wildman–Crippen MR) is 86.1 cm³/mol. The average molecular weight is 277 g/mol.